The van der Waals surface area contributed by atoms with Crippen molar-refractivity contribution >= 4 is 0 Å². The van der Waals surface area contributed by atoms with Crippen LogP contribution in [-0.2, 0) is 13.0 Å². The quantitative estimate of drug-likeness (QED) is 0.760. The van der Waals surface area contributed by atoms with Crippen molar-refractivity contribution in [2.45, 2.75) is 13.0 Å². The van der Waals surface area contributed by atoms with Crippen LogP contribution in [0.1, 0.15) is 11.1 Å². The molecule has 1 aromatic carbocycles. The summed E-state index contributed by atoms with van der Waals surface area (Å²) in [6, 6.07) is 0. The van der Waals surface area contributed by atoms with Crippen LogP contribution in [0.4, 0.5) is 0 Å². The monoisotopic (exact) mass is 271 g/mol. The Morgan fingerprint density at radius 1 is 0.789 bits per heavy atom. The van der Waals surface area contributed by atoms with E-state index >= 15 is 0 Å². The van der Waals surface area contributed by atoms with Gasteiger partial charge in [0.2, 0.25) is 11.5 Å². The average molecular weight is 271 g/mol. The fourth-order valence-electron chi connectivity index (χ4n) is 2.15. The third kappa shape index (κ3) is 2.69. The van der Waals surface area contributed by atoms with E-state index in [1.54, 1.807) is 0 Å². The van der Waals surface area contributed by atoms with Crippen LogP contribution in [0, 0.1) is 0 Å². The molecule has 0 aliphatic rings. The van der Waals surface area contributed by atoms with E-state index in [-0.39, 0.29) is 13.2 Å². The molecule has 0 saturated carbocycles. The van der Waals surface area contributed by atoms with Crippen LogP contribution in [-0.4, -0.2) is 40.2 Å². The molecule has 108 valence electrons. The van der Waals surface area contributed by atoms with Gasteiger partial charge in [-0.25, -0.2) is 0 Å². The summed E-state index contributed by atoms with van der Waals surface area (Å²) in [5.41, 5.74) is 7.29. The first-order chi connectivity index (χ1) is 9.19. The molecule has 19 heavy (non-hydrogen) atoms. The maximum absolute atomic E-state index is 9.20. The van der Waals surface area contributed by atoms with Gasteiger partial charge >= 0.3 is 0 Å². The first kappa shape index (κ1) is 15.4. The second-order valence-electron chi connectivity index (χ2n) is 3.77. The lowest BCUT2D eigenvalue weighted by molar-refractivity contribution is 0.285. The Bertz CT molecular complexity index is 401. The van der Waals surface area contributed by atoms with Gasteiger partial charge in [-0.1, -0.05) is 0 Å². The maximum Gasteiger partial charge on any atom is 0.207 e. The van der Waals surface area contributed by atoms with Gasteiger partial charge in [0.05, 0.1) is 28.4 Å². The molecular weight excluding hydrogens is 250 g/mol. The normalized spacial score (nSPS) is 10.2. The van der Waals surface area contributed by atoms with Crippen molar-refractivity contribution in [3.8, 4) is 23.0 Å². The third-order valence-electron chi connectivity index (χ3n) is 2.91. The van der Waals surface area contributed by atoms with E-state index in [0.29, 0.717) is 29.4 Å². The highest BCUT2D eigenvalue weighted by Crippen LogP contribution is 2.49. The number of hydrogen-bond acceptors (Lipinski definition) is 6. The number of benzene rings is 1. The summed E-state index contributed by atoms with van der Waals surface area (Å²) in [6.07, 6.45) is 0.395. The second kappa shape index (κ2) is 7.06. The molecule has 0 aliphatic heterocycles. The van der Waals surface area contributed by atoms with E-state index in [9.17, 15) is 5.11 Å². The van der Waals surface area contributed by atoms with Crippen molar-refractivity contribution in [3.63, 3.8) is 0 Å². The van der Waals surface area contributed by atoms with Gasteiger partial charge in [0.15, 0.2) is 11.5 Å². The molecule has 0 radical (unpaired) electrons. The molecule has 0 fully saturated rings. The number of rotatable bonds is 7. The summed E-state index contributed by atoms with van der Waals surface area (Å²) in [6.45, 7) is 0.219. The zero-order valence-electron chi connectivity index (χ0n) is 11.8. The number of hydrogen-bond donors (Lipinski definition) is 2. The highest BCUT2D eigenvalue weighted by molar-refractivity contribution is 5.67. The number of aliphatic hydroxyl groups excluding tert-OH is 1. The van der Waals surface area contributed by atoms with Gasteiger partial charge in [0.1, 0.15) is 0 Å². The molecule has 0 aliphatic carbocycles. The lowest BCUT2D eigenvalue weighted by Gasteiger charge is -2.22. The van der Waals surface area contributed by atoms with Crippen molar-refractivity contribution in [2.75, 3.05) is 35.0 Å². The highest BCUT2D eigenvalue weighted by Gasteiger charge is 2.26. The standard InChI is InChI=1S/C13H21NO5/c1-16-10-8(5-6-15)9(7-14)11(17-2)13(19-4)12(10)18-3/h15H,5-7,14H2,1-4H3. The van der Waals surface area contributed by atoms with Crippen LogP contribution < -0.4 is 24.7 Å². The van der Waals surface area contributed by atoms with E-state index in [1.165, 1.54) is 28.4 Å². The van der Waals surface area contributed by atoms with Crippen LogP contribution in [0.2, 0.25) is 0 Å². The van der Waals surface area contributed by atoms with Gasteiger partial charge in [-0.2, -0.15) is 0 Å². The summed E-state index contributed by atoms with van der Waals surface area (Å²) in [7, 11) is 6.10. The minimum absolute atomic E-state index is 0.0258. The minimum Gasteiger partial charge on any atom is -0.492 e. The molecule has 0 unspecified atom stereocenters. The van der Waals surface area contributed by atoms with E-state index in [2.05, 4.69) is 0 Å². The highest BCUT2D eigenvalue weighted by atomic mass is 16.5. The van der Waals surface area contributed by atoms with Crippen LogP contribution >= 0.6 is 0 Å². The molecule has 3 N–H and O–H groups in total. The molecule has 0 amide bonds. The number of aliphatic hydroxyl groups is 1. The van der Waals surface area contributed by atoms with Crippen LogP contribution in [0.15, 0.2) is 0 Å². The zero-order valence-corrected chi connectivity index (χ0v) is 11.8. The van der Waals surface area contributed by atoms with Gasteiger partial charge in [0, 0.05) is 24.3 Å². The largest absolute Gasteiger partial charge is 0.492 e. The van der Waals surface area contributed by atoms with Gasteiger partial charge in [-0.3, -0.25) is 0 Å². The smallest absolute Gasteiger partial charge is 0.207 e. The van der Waals surface area contributed by atoms with Crippen molar-refractivity contribution in [3.05, 3.63) is 11.1 Å². The SMILES string of the molecule is COc1c(CN)c(CCO)c(OC)c(OC)c1OC. The van der Waals surface area contributed by atoms with Crippen LogP contribution in [0.3, 0.4) is 0 Å². The van der Waals surface area contributed by atoms with Crippen molar-refractivity contribution in [2.24, 2.45) is 5.73 Å². The minimum atomic E-state index is -0.0258. The predicted molar refractivity (Wildman–Crippen MR) is 71.3 cm³/mol. The van der Waals surface area contributed by atoms with E-state index in [1.807, 2.05) is 0 Å². The summed E-state index contributed by atoms with van der Waals surface area (Å²) >= 11 is 0. The molecule has 0 atom stereocenters. The molecule has 0 heterocycles. The van der Waals surface area contributed by atoms with E-state index < -0.39 is 0 Å². The van der Waals surface area contributed by atoms with Crippen LogP contribution in [0.25, 0.3) is 0 Å². The maximum atomic E-state index is 9.20. The third-order valence-corrected chi connectivity index (χ3v) is 2.91. The van der Waals surface area contributed by atoms with Crippen molar-refractivity contribution < 1.29 is 24.1 Å². The van der Waals surface area contributed by atoms with Crippen molar-refractivity contribution in [1.82, 2.24) is 0 Å². The van der Waals surface area contributed by atoms with Gasteiger partial charge in [-0.15, -0.1) is 0 Å². The predicted octanol–water partition coefficient (Wildman–Crippen LogP) is 0.714. The Kier molecular flexibility index (Phi) is 5.72. The van der Waals surface area contributed by atoms with Crippen LogP contribution in [0.5, 0.6) is 23.0 Å². The number of methoxy groups -OCH3 is 4. The van der Waals surface area contributed by atoms with Gasteiger partial charge < -0.3 is 29.8 Å². The van der Waals surface area contributed by atoms with Gasteiger partial charge in [0.25, 0.3) is 0 Å². The summed E-state index contributed by atoms with van der Waals surface area (Å²) in [5, 5.41) is 9.20. The molecule has 0 spiro atoms. The first-order valence-electron chi connectivity index (χ1n) is 5.88. The summed E-state index contributed by atoms with van der Waals surface area (Å²) < 4.78 is 21.4. The molecule has 6 nitrogen and oxygen atoms in total. The molecular formula is C13H21NO5. The van der Waals surface area contributed by atoms with E-state index in [4.69, 9.17) is 24.7 Å². The molecule has 6 heteroatoms. The Balaban J connectivity index is 3.68. The average Bonchev–Trinajstić information content (AvgIpc) is 2.45. The fourth-order valence-corrected chi connectivity index (χ4v) is 2.15. The molecule has 1 rings (SSSR count). The van der Waals surface area contributed by atoms with Gasteiger partial charge in [-0.05, 0) is 6.42 Å². The Morgan fingerprint density at radius 2 is 1.21 bits per heavy atom. The number of nitrogens with two attached hydrogens (primary N) is 1. The molecule has 0 saturated heterocycles. The second-order valence-corrected chi connectivity index (χ2v) is 3.77. The lowest BCUT2D eigenvalue weighted by Crippen LogP contribution is -2.11. The Labute approximate surface area is 113 Å². The molecule has 1 aromatic rings. The Morgan fingerprint density at radius 3 is 1.53 bits per heavy atom. The summed E-state index contributed by atoms with van der Waals surface area (Å²) in [5.74, 6) is 1.88. The zero-order chi connectivity index (χ0) is 14.4. The fraction of sp³-hybridized carbons (Fsp3) is 0.538. The first-order valence-corrected chi connectivity index (χ1v) is 5.88. The summed E-state index contributed by atoms with van der Waals surface area (Å²) in [4.78, 5) is 0. The van der Waals surface area contributed by atoms with E-state index in [0.717, 1.165) is 11.1 Å². The van der Waals surface area contributed by atoms with Crippen molar-refractivity contribution in [1.29, 1.82) is 0 Å². The molecule has 0 aromatic heterocycles. The topological polar surface area (TPSA) is 83.2 Å². The number of ether oxygens (including phenoxy) is 4. The lowest BCUT2D eigenvalue weighted by atomic mass is 10.0. The molecule has 0 bridgehead atoms. The Hall–Kier alpha value is -1.66.